The highest BCUT2D eigenvalue weighted by atomic mass is 19.1. The van der Waals surface area contributed by atoms with Gasteiger partial charge in [-0.2, -0.15) is 5.26 Å². The molecule has 122 valence electrons. The van der Waals surface area contributed by atoms with E-state index in [1.165, 1.54) is 12.1 Å². The van der Waals surface area contributed by atoms with Crippen LogP contribution in [0.5, 0.6) is 0 Å². The van der Waals surface area contributed by atoms with Gasteiger partial charge < -0.3 is 9.80 Å². The molecular formula is C17H15FN4O2. The number of nitrogens with zero attached hydrogens (tertiary/aromatic N) is 4. The van der Waals surface area contributed by atoms with Crippen LogP contribution in [0.4, 0.5) is 21.5 Å². The molecule has 0 amide bonds. The second-order valence-corrected chi connectivity index (χ2v) is 5.50. The monoisotopic (exact) mass is 326 g/mol. The van der Waals surface area contributed by atoms with Gasteiger partial charge in [-0.25, -0.2) is 4.39 Å². The quantitative estimate of drug-likeness (QED) is 0.640. The number of para-hydroxylation sites is 1. The molecule has 0 spiro atoms. The van der Waals surface area contributed by atoms with Gasteiger partial charge in [-0.3, -0.25) is 10.1 Å². The van der Waals surface area contributed by atoms with Crippen LogP contribution in [0, 0.1) is 27.3 Å². The Morgan fingerprint density at radius 2 is 1.67 bits per heavy atom. The van der Waals surface area contributed by atoms with Crippen LogP contribution < -0.4 is 9.80 Å². The van der Waals surface area contributed by atoms with Gasteiger partial charge in [0.1, 0.15) is 11.5 Å². The van der Waals surface area contributed by atoms with Crippen LogP contribution in [0.15, 0.2) is 42.5 Å². The second kappa shape index (κ2) is 6.54. The van der Waals surface area contributed by atoms with E-state index in [1.807, 2.05) is 15.9 Å². The third kappa shape index (κ3) is 2.99. The number of halogens is 1. The largest absolute Gasteiger partial charge is 0.366 e. The van der Waals surface area contributed by atoms with E-state index in [4.69, 9.17) is 5.26 Å². The Kier molecular flexibility index (Phi) is 4.29. The van der Waals surface area contributed by atoms with Gasteiger partial charge in [0.25, 0.3) is 5.69 Å². The fraction of sp³-hybridized carbons (Fsp3) is 0.235. The number of benzene rings is 2. The predicted octanol–water partition coefficient (Wildman–Crippen LogP) is 2.93. The maximum atomic E-state index is 13.9. The minimum absolute atomic E-state index is 0.0756. The first-order valence-electron chi connectivity index (χ1n) is 7.53. The summed E-state index contributed by atoms with van der Waals surface area (Å²) >= 11 is 0. The molecule has 7 heteroatoms. The van der Waals surface area contributed by atoms with Crippen LogP contribution in [0.1, 0.15) is 5.56 Å². The van der Waals surface area contributed by atoms with Crippen molar-refractivity contribution in [2.75, 3.05) is 36.0 Å². The van der Waals surface area contributed by atoms with Gasteiger partial charge in [0, 0.05) is 32.2 Å². The maximum absolute atomic E-state index is 13.9. The summed E-state index contributed by atoms with van der Waals surface area (Å²) in [6, 6.07) is 13.0. The molecule has 3 rings (SSSR count). The van der Waals surface area contributed by atoms with E-state index in [9.17, 15) is 14.5 Å². The highest BCUT2D eigenvalue weighted by molar-refractivity contribution is 5.66. The van der Waals surface area contributed by atoms with Gasteiger partial charge in [0.15, 0.2) is 0 Å². The molecule has 0 atom stereocenters. The Balaban J connectivity index is 1.79. The predicted molar refractivity (Wildman–Crippen MR) is 88.6 cm³/mol. The molecule has 1 saturated heterocycles. The van der Waals surface area contributed by atoms with Crippen molar-refractivity contribution in [1.29, 1.82) is 5.26 Å². The van der Waals surface area contributed by atoms with E-state index in [0.29, 0.717) is 37.6 Å². The molecule has 0 radical (unpaired) electrons. The molecule has 0 aromatic heterocycles. The zero-order valence-corrected chi connectivity index (χ0v) is 12.9. The Bertz CT molecular complexity index is 810. The van der Waals surface area contributed by atoms with Gasteiger partial charge in [0.2, 0.25) is 0 Å². The summed E-state index contributed by atoms with van der Waals surface area (Å²) in [4.78, 5) is 14.6. The molecule has 24 heavy (non-hydrogen) atoms. The summed E-state index contributed by atoms with van der Waals surface area (Å²) in [5, 5.41) is 20.2. The summed E-state index contributed by atoms with van der Waals surface area (Å²) in [6.45, 7) is 2.22. The second-order valence-electron chi connectivity index (χ2n) is 5.50. The summed E-state index contributed by atoms with van der Waals surface area (Å²) in [5.41, 5.74) is 1.22. The van der Waals surface area contributed by atoms with E-state index in [-0.39, 0.29) is 17.1 Å². The van der Waals surface area contributed by atoms with Crippen molar-refractivity contribution in [2.45, 2.75) is 0 Å². The van der Waals surface area contributed by atoms with Gasteiger partial charge >= 0.3 is 0 Å². The van der Waals surface area contributed by atoms with Crippen molar-refractivity contribution < 1.29 is 9.31 Å². The van der Waals surface area contributed by atoms with Crippen molar-refractivity contribution in [3.8, 4) is 6.07 Å². The maximum Gasteiger partial charge on any atom is 0.293 e. The van der Waals surface area contributed by atoms with E-state index in [1.54, 1.807) is 30.3 Å². The minimum Gasteiger partial charge on any atom is -0.366 e. The van der Waals surface area contributed by atoms with Gasteiger partial charge in [-0.05, 0) is 24.3 Å². The molecule has 0 N–H and O–H groups in total. The molecule has 6 nitrogen and oxygen atoms in total. The highest BCUT2D eigenvalue weighted by Crippen LogP contribution is 2.31. The fourth-order valence-electron chi connectivity index (χ4n) is 2.90. The molecule has 2 aromatic carbocycles. The van der Waals surface area contributed by atoms with Crippen LogP contribution in [0.3, 0.4) is 0 Å². The number of anilines is 2. The number of nitriles is 1. The minimum atomic E-state index is -0.473. The smallest absolute Gasteiger partial charge is 0.293 e. The topological polar surface area (TPSA) is 73.4 Å². The molecule has 2 aromatic rings. The van der Waals surface area contributed by atoms with Crippen LogP contribution >= 0.6 is 0 Å². The molecule has 0 bridgehead atoms. The van der Waals surface area contributed by atoms with Gasteiger partial charge in [-0.15, -0.1) is 0 Å². The van der Waals surface area contributed by atoms with Crippen molar-refractivity contribution in [1.82, 2.24) is 0 Å². The third-order valence-electron chi connectivity index (χ3n) is 4.11. The summed E-state index contributed by atoms with van der Waals surface area (Å²) < 4.78 is 13.9. The van der Waals surface area contributed by atoms with Crippen molar-refractivity contribution in [2.24, 2.45) is 0 Å². The Morgan fingerprint density at radius 3 is 2.25 bits per heavy atom. The number of hydrogen-bond acceptors (Lipinski definition) is 5. The van der Waals surface area contributed by atoms with E-state index in [0.717, 1.165) is 0 Å². The van der Waals surface area contributed by atoms with Crippen LogP contribution in [-0.4, -0.2) is 31.1 Å². The Hall–Kier alpha value is -3.14. The summed E-state index contributed by atoms with van der Waals surface area (Å²) in [6.07, 6.45) is 0. The van der Waals surface area contributed by atoms with Crippen molar-refractivity contribution >= 4 is 17.1 Å². The molecule has 1 aliphatic heterocycles. The molecule has 1 heterocycles. The molecule has 1 aliphatic rings. The number of nitro groups is 1. The lowest BCUT2D eigenvalue weighted by Crippen LogP contribution is -2.47. The first-order valence-corrected chi connectivity index (χ1v) is 7.53. The average Bonchev–Trinajstić information content (AvgIpc) is 2.62. The third-order valence-corrected chi connectivity index (χ3v) is 4.11. The lowest BCUT2D eigenvalue weighted by atomic mass is 10.1. The number of hydrogen-bond donors (Lipinski definition) is 0. The summed E-state index contributed by atoms with van der Waals surface area (Å²) in [7, 11) is 0. The van der Waals surface area contributed by atoms with Crippen molar-refractivity contribution in [3.63, 3.8) is 0 Å². The highest BCUT2D eigenvalue weighted by Gasteiger charge is 2.25. The fourth-order valence-corrected chi connectivity index (χ4v) is 2.90. The Morgan fingerprint density at radius 1 is 1.04 bits per heavy atom. The number of rotatable bonds is 3. The van der Waals surface area contributed by atoms with Crippen LogP contribution in [-0.2, 0) is 0 Å². The van der Waals surface area contributed by atoms with Gasteiger partial charge in [0.05, 0.1) is 22.2 Å². The normalized spacial score (nSPS) is 14.3. The van der Waals surface area contributed by atoms with Gasteiger partial charge in [-0.1, -0.05) is 12.1 Å². The molecular weight excluding hydrogens is 311 g/mol. The number of nitro benzene ring substituents is 1. The molecule has 0 aliphatic carbocycles. The summed E-state index contributed by atoms with van der Waals surface area (Å²) in [5.74, 6) is -0.268. The average molecular weight is 326 g/mol. The zero-order chi connectivity index (χ0) is 17.1. The first kappa shape index (κ1) is 15.7. The standard InChI is InChI=1S/C17H15FN4O2/c18-14-3-1-2-4-15(14)20-7-9-21(10-8-20)16-6-5-13(12-19)11-17(16)22(23)24/h1-6,11H,7-10H2. The van der Waals surface area contributed by atoms with E-state index < -0.39 is 4.92 Å². The molecule has 0 saturated carbocycles. The molecule has 1 fully saturated rings. The van der Waals surface area contributed by atoms with Crippen molar-refractivity contribution in [3.05, 3.63) is 64.0 Å². The zero-order valence-electron chi connectivity index (χ0n) is 12.9. The van der Waals surface area contributed by atoms with E-state index >= 15 is 0 Å². The number of piperazine rings is 1. The lowest BCUT2D eigenvalue weighted by Gasteiger charge is -2.37. The van der Waals surface area contributed by atoms with Crippen LogP contribution in [0.2, 0.25) is 0 Å². The SMILES string of the molecule is N#Cc1ccc(N2CCN(c3ccccc3F)CC2)c([N+](=O)[O-])c1. The first-order chi connectivity index (χ1) is 11.6. The Labute approximate surface area is 138 Å². The van der Waals surface area contributed by atoms with Crippen LogP contribution in [0.25, 0.3) is 0 Å². The molecule has 0 unspecified atom stereocenters. The lowest BCUT2D eigenvalue weighted by molar-refractivity contribution is -0.384. The van der Waals surface area contributed by atoms with E-state index in [2.05, 4.69) is 0 Å².